The van der Waals surface area contributed by atoms with Crippen LogP contribution in [0.15, 0.2) is 60.9 Å². The van der Waals surface area contributed by atoms with Gasteiger partial charge in [0.15, 0.2) is 5.11 Å². The number of nitrogens with one attached hydrogen (secondary N) is 1. The van der Waals surface area contributed by atoms with E-state index < -0.39 is 0 Å². The van der Waals surface area contributed by atoms with E-state index in [2.05, 4.69) is 38.0 Å². The fourth-order valence-electron chi connectivity index (χ4n) is 3.34. The molecule has 4 nitrogen and oxygen atoms in total. The molecule has 0 amide bonds. The van der Waals surface area contributed by atoms with Gasteiger partial charge in [-0.05, 0) is 49.3 Å². The summed E-state index contributed by atoms with van der Waals surface area (Å²) in [6.07, 6.45) is 4.14. The molecule has 0 saturated carbocycles. The molecule has 0 aliphatic carbocycles. The Hall–Kier alpha value is -2.40. The number of anilines is 1. The molecule has 0 bridgehead atoms. The van der Waals surface area contributed by atoms with Gasteiger partial charge in [0, 0.05) is 24.8 Å². The molecule has 1 aliphatic heterocycles. The minimum atomic E-state index is 0.494. The third kappa shape index (κ3) is 2.99. The van der Waals surface area contributed by atoms with Gasteiger partial charge in [-0.1, -0.05) is 30.3 Å². The van der Waals surface area contributed by atoms with E-state index in [0.717, 1.165) is 42.2 Å². The predicted octanol–water partition coefficient (Wildman–Crippen LogP) is 4.07. The SMILES string of the molecule is S=C(Nc1ccccc1)N1CCC(n2cnc3ccccc32)CC1. The highest BCUT2D eigenvalue weighted by Crippen LogP contribution is 2.26. The molecule has 2 aromatic carbocycles. The van der Waals surface area contributed by atoms with Crippen molar-refractivity contribution in [3.63, 3.8) is 0 Å². The van der Waals surface area contributed by atoms with E-state index >= 15 is 0 Å². The molecule has 1 aromatic heterocycles. The maximum absolute atomic E-state index is 5.57. The summed E-state index contributed by atoms with van der Waals surface area (Å²) in [4.78, 5) is 6.78. The highest BCUT2D eigenvalue weighted by Gasteiger charge is 2.23. The van der Waals surface area contributed by atoms with E-state index in [1.54, 1.807) is 0 Å². The van der Waals surface area contributed by atoms with Crippen molar-refractivity contribution in [1.82, 2.24) is 14.5 Å². The Kier molecular flexibility index (Phi) is 4.17. The van der Waals surface area contributed by atoms with Crippen molar-refractivity contribution in [2.75, 3.05) is 18.4 Å². The molecule has 1 N–H and O–H groups in total. The monoisotopic (exact) mass is 336 g/mol. The Morgan fingerprint density at radius 1 is 1.00 bits per heavy atom. The first-order chi connectivity index (χ1) is 11.8. The fraction of sp³-hybridized carbons (Fsp3) is 0.263. The number of aromatic nitrogens is 2. The second-order valence-electron chi connectivity index (χ2n) is 6.15. The smallest absolute Gasteiger partial charge is 0.173 e. The highest BCUT2D eigenvalue weighted by atomic mass is 32.1. The van der Waals surface area contributed by atoms with Crippen molar-refractivity contribution in [3.8, 4) is 0 Å². The van der Waals surface area contributed by atoms with Gasteiger partial charge < -0.3 is 14.8 Å². The zero-order valence-corrected chi connectivity index (χ0v) is 14.2. The third-order valence-electron chi connectivity index (χ3n) is 4.65. The van der Waals surface area contributed by atoms with E-state index in [1.807, 2.05) is 42.7 Å². The van der Waals surface area contributed by atoms with Gasteiger partial charge in [-0.2, -0.15) is 0 Å². The Balaban J connectivity index is 1.41. The van der Waals surface area contributed by atoms with Crippen LogP contribution in [0.2, 0.25) is 0 Å². The van der Waals surface area contributed by atoms with Gasteiger partial charge >= 0.3 is 0 Å². The van der Waals surface area contributed by atoms with E-state index in [0.29, 0.717) is 6.04 Å². The zero-order chi connectivity index (χ0) is 16.4. The zero-order valence-electron chi connectivity index (χ0n) is 13.4. The summed E-state index contributed by atoms with van der Waals surface area (Å²) in [5.74, 6) is 0. The average Bonchev–Trinajstić information content (AvgIpc) is 3.07. The summed E-state index contributed by atoms with van der Waals surface area (Å²) in [6.45, 7) is 1.94. The van der Waals surface area contributed by atoms with Crippen molar-refractivity contribution >= 4 is 34.1 Å². The molecule has 0 unspecified atom stereocenters. The van der Waals surface area contributed by atoms with Crippen LogP contribution in [0.3, 0.4) is 0 Å². The van der Waals surface area contributed by atoms with Crippen LogP contribution in [0.1, 0.15) is 18.9 Å². The topological polar surface area (TPSA) is 33.1 Å². The maximum Gasteiger partial charge on any atom is 0.173 e. The number of thiocarbonyl (C=S) groups is 1. The van der Waals surface area contributed by atoms with Gasteiger partial charge in [0.2, 0.25) is 0 Å². The van der Waals surface area contributed by atoms with Crippen molar-refractivity contribution < 1.29 is 0 Å². The lowest BCUT2D eigenvalue weighted by molar-refractivity contribution is 0.272. The summed E-state index contributed by atoms with van der Waals surface area (Å²) < 4.78 is 2.32. The van der Waals surface area contributed by atoms with E-state index in [4.69, 9.17) is 12.2 Å². The summed E-state index contributed by atoms with van der Waals surface area (Å²) in [7, 11) is 0. The molecule has 2 heterocycles. The van der Waals surface area contributed by atoms with E-state index in [-0.39, 0.29) is 0 Å². The van der Waals surface area contributed by atoms with Gasteiger partial charge in [-0.15, -0.1) is 0 Å². The Morgan fingerprint density at radius 2 is 1.71 bits per heavy atom. The number of hydrogen-bond acceptors (Lipinski definition) is 2. The highest BCUT2D eigenvalue weighted by molar-refractivity contribution is 7.80. The summed E-state index contributed by atoms with van der Waals surface area (Å²) >= 11 is 5.57. The molecule has 24 heavy (non-hydrogen) atoms. The second kappa shape index (κ2) is 6.61. The van der Waals surface area contributed by atoms with Gasteiger partial charge in [0.1, 0.15) is 0 Å². The van der Waals surface area contributed by atoms with Crippen LogP contribution in [0.25, 0.3) is 11.0 Å². The Morgan fingerprint density at radius 3 is 2.50 bits per heavy atom. The number of piperidine rings is 1. The number of hydrogen-bond donors (Lipinski definition) is 1. The average molecular weight is 336 g/mol. The molecular formula is C19H20N4S. The van der Waals surface area contributed by atoms with Crippen LogP contribution in [-0.4, -0.2) is 32.7 Å². The third-order valence-corrected chi connectivity index (χ3v) is 5.01. The molecule has 4 rings (SSSR count). The molecule has 0 atom stereocenters. The number of rotatable bonds is 2. The van der Waals surface area contributed by atoms with Crippen LogP contribution in [-0.2, 0) is 0 Å². The molecule has 1 aliphatic rings. The van der Waals surface area contributed by atoms with Crippen LogP contribution < -0.4 is 5.32 Å². The number of para-hydroxylation sites is 3. The number of likely N-dealkylation sites (tertiary alicyclic amines) is 1. The minimum absolute atomic E-state index is 0.494. The quantitative estimate of drug-likeness (QED) is 0.715. The van der Waals surface area contributed by atoms with Gasteiger partial charge in [-0.25, -0.2) is 4.98 Å². The molecule has 0 spiro atoms. The second-order valence-corrected chi connectivity index (χ2v) is 6.54. The Labute approximate surface area is 147 Å². The maximum atomic E-state index is 5.57. The number of benzene rings is 2. The van der Waals surface area contributed by atoms with Crippen LogP contribution >= 0.6 is 12.2 Å². The molecule has 122 valence electrons. The summed E-state index contributed by atoms with van der Waals surface area (Å²) in [6, 6.07) is 18.9. The first kappa shape index (κ1) is 15.1. The lowest BCUT2D eigenvalue weighted by Crippen LogP contribution is -2.41. The van der Waals surface area contributed by atoms with Gasteiger partial charge in [0.25, 0.3) is 0 Å². The van der Waals surface area contributed by atoms with Crippen molar-refractivity contribution in [2.24, 2.45) is 0 Å². The van der Waals surface area contributed by atoms with E-state index in [9.17, 15) is 0 Å². The van der Waals surface area contributed by atoms with Crippen LogP contribution in [0.4, 0.5) is 5.69 Å². The summed E-state index contributed by atoms with van der Waals surface area (Å²) in [5.41, 5.74) is 3.34. The normalized spacial score (nSPS) is 15.6. The summed E-state index contributed by atoms with van der Waals surface area (Å²) in [5, 5.41) is 4.14. The van der Waals surface area contributed by atoms with Crippen molar-refractivity contribution in [2.45, 2.75) is 18.9 Å². The molecule has 0 radical (unpaired) electrons. The molecule has 1 fully saturated rings. The number of nitrogens with zero attached hydrogens (tertiary/aromatic N) is 3. The Bertz CT molecular complexity index is 835. The van der Waals surface area contributed by atoms with Gasteiger partial charge in [0.05, 0.1) is 17.4 Å². The lowest BCUT2D eigenvalue weighted by atomic mass is 10.0. The number of imidazole rings is 1. The van der Waals surface area contributed by atoms with Gasteiger partial charge in [-0.3, -0.25) is 0 Å². The van der Waals surface area contributed by atoms with Crippen molar-refractivity contribution in [3.05, 3.63) is 60.9 Å². The van der Waals surface area contributed by atoms with Crippen molar-refractivity contribution in [1.29, 1.82) is 0 Å². The first-order valence-corrected chi connectivity index (χ1v) is 8.74. The lowest BCUT2D eigenvalue weighted by Gasteiger charge is -2.34. The predicted molar refractivity (Wildman–Crippen MR) is 102 cm³/mol. The standard InChI is InChI=1S/C19H20N4S/c24-19(21-15-6-2-1-3-7-15)22-12-10-16(11-13-22)23-14-20-17-8-4-5-9-18(17)23/h1-9,14,16H,10-13H2,(H,21,24). The van der Waals surface area contributed by atoms with E-state index in [1.165, 1.54) is 5.52 Å². The first-order valence-electron chi connectivity index (χ1n) is 8.34. The fourth-order valence-corrected chi connectivity index (χ4v) is 3.64. The molecule has 3 aromatic rings. The number of fused-ring (bicyclic) bond motifs is 1. The van der Waals surface area contributed by atoms with Crippen LogP contribution in [0.5, 0.6) is 0 Å². The molecular weight excluding hydrogens is 316 g/mol. The van der Waals surface area contributed by atoms with Crippen LogP contribution in [0, 0.1) is 0 Å². The molecule has 5 heteroatoms. The minimum Gasteiger partial charge on any atom is -0.349 e. The largest absolute Gasteiger partial charge is 0.349 e. The molecule has 1 saturated heterocycles.